The minimum atomic E-state index is 0.819. The van der Waals surface area contributed by atoms with Crippen LogP contribution in [0.3, 0.4) is 0 Å². The third kappa shape index (κ3) is 5.61. The molecular weight excluding hydrogens is 264 g/mol. The van der Waals surface area contributed by atoms with Gasteiger partial charge in [-0.05, 0) is 18.2 Å². The topological polar surface area (TPSA) is 64.7 Å². The minimum absolute atomic E-state index is 0.819. The SMILES string of the molecule is c1ccncnc2cccc-2cnccnccocc1. The molecule has 5 nitrogen and oxygen atoms in total. The molecule has 0 fully saturated rings. The maximum Gasteiger partial charge on any atom is 0.116 e. The largest absolute Gasteiger partial charge is 0.471 e. The maximum absolute atomic E-state index is 5.07. The van der Waals surface area contributed by atoms with E-state index in [0.717, 1.165) is 11.3 Å². The average molecular weight is 278 g/mol. The molecule has 1 heterocycles. The highest BCUT2D eigenvalue weighted by molar-refractivity contribution is 5.59. The monoisotopic (exact) mass is 278 g/mol. The van der Waals surface area contributed by atoms with Crippen molar-refractivity contribution < 1.29 is 4.42 Å². The minimum Gasteiger partial charge on any atom is -0.471 e. The van der Waals surface area contributed by atoms with Crippen LogP contribution in [0, 0.1) is 0 Å². The van der Waals surface area contributed by atoms with E-state index in [4.69, 9.17) is 4.42 Å². The number of hydrogen-bond donors (Lipinski definition) is 0. The van der Waals surface area contributed by atoms with E-state index in [0.29, 0.717) is 0 Å². The molecule has 1 aliphatic heterocycles. The van der Waals surface area contributed by atoms with Crippen LogP contribution in [-0.4, -0.2) is 19.9 Å². The molecule has 0 atom stereocenters. The molecule has 1 aliphatic carbocycles. The quantitative estimate of drug-likeness (QED) is 0.739. The number of hydrogen-bond acceptors (Lipinski definition) is 5. The molecule has 5 heteroatoms. The molecule has 2 aliphatic rings. The van der Waals surface area contributed by atoms with E-state index in [1.54, 1.807) is 43.0 Å². The van der Waals surface area contributed by atoms with E-state index in [9.17, 15) is 0 Å². The molecule has 0 amide bonds. The second-order valence-electron chi connectivity index (χ2n) is 3.77. The summed E-state index contributed by atoms with van der Waals surface area (Å²) in [6, 6.07) is 11.1. The van der Waals surface area contributed by atoms with Crippen LogP contribution in [0.25, 0.3) is 11.3 Å². The number of rotatable bonds is 0. The molecular formula is C16H14N4O. The second-order valence-corrected chi connectivity index (χ2v) is 3.77. The molecule has 0 unspecified atom stereocenters. The van der Waals surface area contributed by atoms with Crippen LogP contribution in [-0.2, 0) is 0 Å². The molecule has 0 radical (unpaired) electrons. The van der Waals surface area contributed by atoms with Crippen molar-refractivity contribution in [2.75, 3.05) is 0 Å². The Labute approximate surface area is 122 Å². The lowest BCUT2D eigenvalue weighted by molar-refractivity contribution is 0.552. The van der Waals surface area contributed by atoms with Gasteiger partial charge in [-0.3, -0.25) is 9.97 Å². The Morgan fingerprint density at radius 2 is 1.67 bits per heavy atom. The van der Waals surface area contributed by atoms with Gasteiger partial charge in [0, 0.05) is 30.4 Å². The highest BCUT2D eigenvalue weighted by Crippen LogP contribution is 2.15. The third-order valence-electron chi connectivity index (χ3n) is 2.32. The highest BCUT2D eigenvalue weighted by atomic mass is 16.3. The molecule has 0 bridgehead atoms. The van der Waals surface area contributed by atoms with Crippen LogP contribution in [0.15, 0.2) is 90.7 Å². The van der Waals surface area contributed by atoms with Crippen molar-refractivity contribution in [3.05, 3.63) is 86.2 Å². The van der Waals surface area contributed by atoms with Gasteiger partial charge in [-0.15, -0.1) is 0 Å². The van der Waals surface area contributed by atoms with Gasteiger partial charge in [-0.2, -0.15) is 0 Å². The van der Waals surface area contributed by atoms with Gasteiger partial charge in [0.05, 0.1) is 18.2 Å². The summed E-state index contributed by atoms with van der Waals surface area (Å²) in [6.45, 7) is 0. The molecule has 0 spiro atoms. The first kappa shape index (κ1) is 14.3. The fourth-order valence-electron chi connectivity index (χ4n) is 1.41. The Balaban J connectivity index is 2.41. The molecule has 0 N–H and O–H groups in total. The van der Waals surface area contributed by atoms with Gasteiger partial charge < -0.3 is 4.42 Å². The molecule has 0 aromatic rings. The zero-order chi connectivity index (χ0) is 14.6. The van der Waals surface area contributed by atoms with Gasteiger partial charge in [-0.1, -0.05) is 18.2 Å². The fourth-order valence-corrected chi connectivity index (χ4v) is 1.41. The Bertz CT molecular complexity index is 639. The summed E-state index contributed by atoms with van der Waals surface area (Å²) in [7, 11) is 0. The van der Waals surface area contributed by atoms with Gasteiger partial charge >= 0.3 is 0 Å². The first-order valence-electron chi connectivity index (χ1n) is 6.29. The zero-order valence-electron chi connectivity index (χ0n) is 11.3. The van der Waals surface area contributed by atoms with Crippen molar-refractivity contribution >= 4 is 0 Å². The maximum atomic E-state index is 5.07. The van der Waals surface area contributed by atoms with Crippen molar-refractivity contribution in [2.24, 2.45) is 0 Å². The van der Waals surface area contributed by atoms with E-state index in [1.807, 2.05) is 18.2 Å². The molecule has 21 heavy (non-hydrogen) atoms. The fraction of sp³-hybridized carbons (Fsp3) is 0. The van der Waals surface area contributed by atoms with Crippen molar-refractivity contribution in [1.29, 1.82) is 0 Å². The molecule has 0 aromatic heterocycles. The lowest BCUT2D eigenvalue weighted by Crippen LogP contribution is -1.75. The van der Waals surface area contributed by atoms with Crippen LogP contribution in [0.5, 0.6) is 0 Å². The smallest absolute Gasteiger partial charge is 0.116 e. The van der Waals surface area contributed by atoms with Gasteiger partial charge in [-0.25, -0.2) is 9.97 Å². The first-order chi connectivity index (χ1) is 10.5. The number of aromatic nitrogens is 4. The zero-order valence-corrected chi connectivity index (χ0v) is 11.3. The van der Waals surface area contributed by atoms with E-state index < -0.39 is 0 Å². The van der Waals surface area contributed by atoms with Gasteiger partial charge in [0.25, 0.3) is 0 Å². The molecule has 104 valence electrons. The average Bonchev–Trinajstić information content (AvgIpc) is 2.93. The van der Waals surface area contributed by atoms with Crippen molar-refractivity contribution in [3.8, 4) is 11.3 Å². The van der Waals surface area contributed by atoms with Gasteiger partial charge in [0.1, 0.15) is 12.6 Å². The lowest BCUT2D eigenvalue weighted by Gasteiger charge is -1.86. The van der Waals surface area contributed by atoms with Crippen molar-refractivity contribution in [1.82, 2.24) is 19.9 Å². The Kier molecular flexibility index (Phi) is 6.09. The summed E-state index contributed by atoms with van der Waals surface area (Å²) in [5, 5.41) is 0. The van der Waals surface area contributed by atoms with Crippen molar-refractivity contribution in [3.63, 3.8) is 0 Å². The summed E-state index contributed by atoms with van der Waals surface area (Å²) in [6.07, 6.45) is 12.5. The van der Waals surface area contributed by atoms with Gasteiger partial charge in [0.15, 0.2) is 0 Å². The summed E-state index contributed by atoms with van der Waals surface area (Å²) in [5.41, 5.74) is 1.74. The normalized spacial score (nSPS) is 8.95. The van der Waals surface area contributed by atoms with Crippen LogP contribution in [0.1, 0.15) is 0 Å². The number of nitrogens with zero attached hydrogens (tertiary/aromatic N) is 4. The molecule has 0 saturated heterocycles. The molecule has 0 aromatic carbocycles. The van der Waals surface area contributed by atoms with E-state index in [2.05, 4.69) is 19.9 Å². The summed E-state index contributed by atoms with van der Waals surface area (Å²) in [5.74, 6) is 0. The summed E-state index contributed by atoms with van der Waals surface area (Å²) in [4.78, 5) is 16.4. The molecule has 2 rings (SSSR count). The predicted octanol–water partition coefficient (Wildman–Crippen LogP) is 3.34. The Hall–Kier alpha value is -3.08. The van der Waals surface area contributed by atoms with E-state index in [1.165, 1.54) is 25.1 Å². The van der Waals surface area contributed by atoms with Gasteiger partial charge in [0.2, 0.25) is 0 Å². The van der Waals surface area contributed by atoms with Crippen LogP contribution in [0.2, 0.25) is 0 Å². The molecule has 0 saturated carbocycles. The Morgan fingerprint density at radius 1 is 0.714 bits per heavy atom. The summed E-state index contributed by atoms with van der Waals surface area (Å²) < 4.78 is 5.07. The second kappa shape index (κ2) is 8.92. The van der Waals surface area contributed by atoms with Crippen LogP contribution in [0.4, 0.5) is 0 Å². The third-order valence-corrected chi connectivity index (χ3v) is 2.32. The van der Waals surface area contributed by atoms with Crippen molar-refractivity contribution in [2.45, 2.75) is 0 Å². The van der Waals surface area contributed by atoms with Crippen LogP contribution >= 0.6 is 0 Å². The standard InChI is InChI=1S/C16H14N4O/c1-2-7-19-14-20-16-6-4-5-15(16)13-18-9-8-17-10-12-21-11-3-1/h1-14H. The Morgan fingerprint density at radius 3 is 2.67 bits per heavy atom. The summed E-state index contributed by atoms with van der Waals surface area (Å²) >= 11 is 0. The predicted molar refractivity (Wildman–Crippen MR) is 79.4 cm³/mol. The lowest BCUT2D eigenvalue weighted by atomic mass is 10.3. The van der Waals surface area contributed by atoms with Crippen LogP contribution < -0.4 is 0 Å². The van der Waals surface area contributed by atoms with E-state index >= 15 is 0 Å². The highest BCUT2D eigenvalue weighted by Gasteiger charge is 1.96. The van der Waals surface area contributed by atoms with E-state index in [-0.39, 0.29) is 0 Å². The number of fused-ring (bicyclic) bond motifs is 1. The first-order valence-corrected chi connectivity index (χ1v) is 6.29.